The van der Waals surface area contributed by atoms with Gasteiger partial charge in [0.1, 0.15) is 0 Å². The Kier molecular flexibility index (Phi) is 6.03. The Morgan fingerprint density at radius 2 is 1.60 bits per heavy atom. The van der Waals surface area contributed by atoms with Gasteiger partial charge in [-0.25, -0.2) is 0 Å². The molecule has 0 aliphatic carbocycles. The number of nitrogens with zero attached hydrogens (tertiary/aromatic N) is 2. The van der Waals surface area contributed by atoms with Crippen LogP contribution < -0.4 is 4.90 Å². The first kappa shape index (κ1) is 18.3. The van der Waals surface area contributed by atoms with Crippen LogP contribution >= 0.6 is 0 Å². The Labute approximate surface area is 153 Å². The molecule has 3 nitrogen and oxygen atoms in total. The van der Waals surface area contributed by atoms with Crippen molar-refractivity contribution in [3.8, 4) is 0 Å². The van der Waals surface area contributed by atoms with Gasteiger partial charge in [-0.05, 0) is 62.5 Å². The van der Waals surface area contributed by atoms with Crippen molar-refractivity contribution in [2.75, 3.05) is 31.1 Å². The maximum absolute atomic E-state index is 12.6. The van der Waals surface area contributed by atoms with Gasteiger partial charge in [0.15, 0.2) is 0 Å². The van der Waals surface area contributed by atoms with Gasteiger partial charge in [0.05, 0.1) is 0 Å². The fraction of sp³-hybridized carbons (Fsp3) is 0.682. The molecule has 3 rings (SSSR count). The highest BCUT2D eigenvalue weighted by Crippen LogP contribution is 2.28. The summed E-state index contributed by atoms with van der Waals surface area (Å²) in [5, 5.41) is 0. The summed E-state index contributed by atoms with van der Waals surface area (Å²) in [4.78, 5) is 17.2. The van der Waals surface area contributed by atoms with E-state index in [4.69, 9.17) is 0 Å². The van der Waals surface area contributed by atoms with Gasteiger partial charge in [-0.2, -0.15) is 0 Å². The minimum atomic E-state index is 0.399. The van der Waals surface area contributed by atoms with E-state index in [-0.39, 0.29) is 0 Å². The summed E-state index contributed by atoms with van der Waals surface area (Å²) in [6, 6.07) is 8.82. The van der Waals surface area contributed by atoms with E-state index in [1.165, 1.54) is 24.1 Å². The van der Waals surface area contributed by atoms with E-state index >= 15 is 0 Å². The van der Waals surface area contributed by atoms with E-state index in [2.05, 4.69) is 54.8 Å². The predicted octanol–water partition coefficient (Wildman–Crippen LogP) is 4.50. The van der Waals surface area contributed by atoms with Gasteiger partial charge < -0.3 is 9.80 Å². The molecule has 138 valence electrons. The third kappa shape index (κ3) is 4.77. The second kappa shape index (κ2) is 8.25. The van der Waals surface area contributed by atoms with Gasteiger partial charge in [0, 0.05) is 38.3 Å². The lowest BCUT2D eigenvalue weighted by molar-refractivity contribution is -0.134. The van der Waals surface area contributed by atoms with Crippen molar-refractivity contribution in [2.45, 2.75) is 52.9 Å². The normalized spacial score (nSPS) is 20.3. The summed E-state index contributed by atoms with van der Waals surface area (Å²) in [5.74, 6) is 2.53. The molecule has 1 amide bonds. The number of carbonyl (C=O) groups is 1. The van der Waals surface area contributed by atoms with Crippen molar-refractivity contribution < 1.29 is 4.79 Å². The highest BCUT2D eigenvalue weighted by atomic mass is 16.2. The van der Waals surface area contributed by atoms with E-state index < -0.39 is 0 Å². The Morgan fingerprint density at radius 1 is 1.00 bits per heavy atom. The number of piperidine rings is 2. The van der Waals surface area contributed by atoms with Crippen molar-refractivity contribution in [1.29, 1.82) is 0 Å². The molecule has 0 aromatic heterocycles. The topological polar surface area (TPSA) is 23.6 Å². The smallest absolute Gasteiger partial charge is 0.222 e. The number of rotatable bonds is 4. The second-order valence-electron chi connectivity index (χ2n) is 8.43. The third-order valence-corrected chi connectivity index (χ3v) is 6.31. The average molecular weight is 343 g/mol. The van der Waals surface area contributed by atoms with Crippen LogP contribution in [0.4, 0.5) is 5.69 Å². The maximum Gasteiger partial charge on any atom is 0.222 e. The molecule has 2 fully saturated rings. The predicted molar refractivity (Wildman–Crippen MR) is 105 cm³/mol. The van der Waals surface area contributed by atoms with Gasteiger partial charge in [0.25, 0.3) is 0 Å². The maximum atomic E-state index is 12.6. The monoisotopic (exact) mass is 342 g/mol. The van der Waals surface area contributed by atoms with Crippen molar-refractivity contribution >= 4 is 11.6 Å². The molecule has 0 bridgehead atoms. The molecule has 0 radical (unpaired) electrons. The van der Waals surface area contributed by atoms with Gasteiger partial charge in [0.2, 0.25) is 5.91 Å². The number of likely N-dealkylation sites (tertiary alicyclic amines) is 1. The van der Waals surface area contributed by atoms with Crippen LogP contribution in [0.2, 0.25) is 0 Å². The summed E-state index contributed by atoms with van der Waals surface area (Å²) in [7, 11) is 0. The van der Waals surface area contributed by atoms with Crippen molar-refractivity contribution in [3.63, 3.8) is 0 Å². The van der Waals surface area contributed by atoms with Crippen LogP contribution in [-0.2, 0) is 4.79 Å². The Hall–Kier alpha value is -1.51. The highest BCUT2D eigenvalue weighted by Gasteiger charge is 2.27. The first-order valence-electron chi connectivity index (χ1n) is 10.1. The molecule has 0 spiro atoms. The molecule has 0 saturated carbocycles. The molecule has 3 heteroatoms. The Balaban J connectivity index is 1.43. The summed E-state index contributed by atoms with van der Waals surface area (Å²) < 4.78 is 0. The number of amides is 1. The molecule has 2 saturated heterocycles. The number of hydrogen-bond donors (Lipinski definition) is 0. The summed E-state index contributed by atoms with van der Waals surface area (Å²) in [6.45, 7) is 10.9. The number of benzene rings is 1. The fourth-order valence-electron chi connectivity index (χ4n) is 4.34. The van der Waals surface area contributed by atoms with E-state index in [9.17, 15) is 4.79 Å². The van der Waals surface area contributed by atoms with Crippen LogP contribution in [-0.4, -0.2) is 37.0 Å². The largest absolute Gasteiger partial charge is 0.372 e. The van der Waals surface area contributed by atoms with Crippen LogP contribution in [0.1, 0.15) is 51.5 Å². The molecule has 2 heterocycles. The zero-order valence-electron chi connectivity index (χ0n) is 16.2. The van der Waals surface area contributed by atoms with E-state index in [1.54, 1.807) is 0 Å². The minimum Gasteiger partial charge on any atom is -0.372 e. The van der Waals surface area contributed by atoms with Crippen molar-refractivity contribution in [2.24, 2.45) is 17.8 Å². The van der Waals surface area contributed by atoms with E-state index in [1.807, 2.05) is 0 Å². The number of carbonyl (C=O) groups excluding carboxylic acids is 1. The van der Waals surface area contributed by atoms with Gasteiger partial charge in [-0.1, -0.05) is 31.5 Å². The molecule has 0 atom stereocenters. The Morgan fingerprint density at radius 3 is 2.16 bits per heavy atom. The summed E-state index contributed by atoms with van der Waals surface area (Å²) in [6.07, 6.45) is 5.42. The first-order chi connectivity index (χ1) is 12.0. The van der Waals surface area contributed by atoms with Crippen LogP contribution in [0.3, 0.4) is 0 Å². The van der Waals surface area contributed by atoms with Crippen LogP contribution in [0.25, 0.3) is 0 Å². The van der Waals surface area contributed by atoms with Gasteiger partial charge >= 0.3 is 0 Å². The molecular weight excluding hydrogens is 308 g/mol. The summed E-state index contributed by atoms with van der Waals surface area (Å²) >= 11 is 0. The molecule has 0 N–H and O–H groups in total. The van der Waals surface area contributed by atoms with E-state index in [0.29, 0.717) is 11.8 Å². The highest BCUT2D eigenvalue weighted by molar-refractivity contribution is 5.76. The number of aryl methyl sites for hydroxylation is 1. The van der Waals surface area contributed by atoms with Crippen molar-refractivity contribution in [3.05, 3.63) is 29.8 Å². The SMILES string of the molecule is Cc1ccc(N2CCC(CC(=O)N3CCC(C(C)C)CC3)CC2)cc1. The molecule has 2 aliphatic heterocycles. The summed E-state index contributed by atoms with van der Waals surface area (Å²) in [5.41, 5.74) is 2.64. The molecule has 1 aromatic rings. The van der Waals surface area contributed by atoms with Crippen LogP contribution in [0, 0.1) is 24.7 Å². The number of anilines is 1. The second-order valence-corrected chi connectivity index (χ2v) is 8.43. The zero-order chi connectivity index (χ0) is 17.8. The quantitative estimate of drug-likeness (QED) is 0.804. The standard InChI is InChI=1S/C22H34N2O/c1-17(2)20-10-14-24(15-11-20)22(25)16-19-8-12-23(13-9-19)21-6-4-18(3)5-7-21/h4-7,17,19-20H,8-16H2,1-3H3. The lowest BCUT2D eigenvalue weighted by atomic mass is 9.86. The number of hydrogen-bond acceptors (Lipinski definition) is 2. The lowest BCUT2D eigenvalue weighted by Crippen LogP contribution is -2.41. The zero-order valence-corrected chi connectivity index (χ0v) is 16.2. The average Bonchev–Trinajstić information content (AvgIpc) is 2.63. The molecule has 25 heavy (non-hydrogen) atoms. The van der Waals surface area contributed by atoms with Crippen LogP contribution in [0.15, 0.2) is 24.3 Å². The Bertz CT molecular complexity index is 550. The third-order valence-electron chi connectivity index (χ3n) is 6.31. The molecule has 2 aliphatic rings. The minimum absolute atomic E-state index is 0.399. The van der Waals surface area contributed by atoms with Crippen molar-refractivity contribution in [1.82, 2.24) is 4.90 Å². The molecule has 1 aromatic carbocycles. The molecule has 0 unspecified atom stereocenters. The lowest BCUT2D eigenvalue weighted by Gasteiger charge is -2.36. The van der Waals surface area contributed by atoms with Crippen LogP contribution in [0.5, 0.6) is 0 Å². The van der Waals surface area contributed by atoms with Gasteiger partial charge in [-0.3, -0.25) is 4.79 Å². The van der Waals surface area contributed by atoms with Gasteiger partial charge in [-0.15, -0.1) is 0 Å². The first-order valence-corrected chi connectivity index (χ1v) is 10.1. The van der Waals surface area contributed by atoms with E-state index in [0.717, 1.165) is 57.3 Å². The molecular formula is C22H34N2O. The fourth-order valence-corrected chi connectivity index (χ4v) is 4.34.